The predicted molar refractivity (Wildman–Crippen MR) is 127 cm³/mol. The van der Waals surface area contributed by atoms with Crippen LogP contribution >= 0.6 is 34.5 Å². The van der Waals surface area contributed by atoms with Gasteiger partial charge in [-0.25, -0.2) is 8.42 Å². The second kappa shape index (κ2) is 10.6. The molecule has 1 aromatic carbocycles. The van der Waals surface area contributed by atoms with Crippen molar-refractivity contribution in [2.75, 3.05) is 18.1 Å². The molecular weight excluding hydrogens is 477 g/mol. The molecule has 0 saturated carbocycles. The highest BCUT2D eigenvalue weighted by atomic mass is 35.5. The van der Waals surface area contributed by atoms with Crippen LogP contribution in [-0.4, -0.2) is 43.4 Å². The Morgan fingerprint density at radius 1 is 1.26 bits per heavy atom. The molecule has 3 rings (SSSR count). The number of carbonyl (C=O) groups excluding carboxylic acids is 1. The lowest BCUT2D eigenvalue weighted by atomic mass is 10.1. The maximum absolute atomic E-state index is 13.5. The van der Waals surface area contributed by atoms with E-state index >= 15 is 0 Å². The number of aryl methyl sites for hydroxylation is 1. The molecule has 0 N–H and O–H groups in total. The van der Waals surface area contributed by atoms with Crippen LogP contribution in [-0.2, 0) is 16.4 Å². The standard InChI is InChI=1S/C22H27Cl2NO4S2/c1-3-4-5-8-29-21-18(23)11-16(12-19(21)24)22(26)25(13-20-15(2)6-9-30-20)17-7-10-31(27,28)14-17/h6,9,11-12,17H,3-5,7-8,10,13-14H2,1-2H3. The number of amides is 1. The van der Waals surface area contributed by atoms with Crippen molar-refractivity contribution in [2.24, 2.45) is 0 Å². The van der Waals surface area contributed by atoms with Crippen LogP contribution < -0.4 is 4.74 Å². The molecule has 2 aromatic rings. The van der Waals surface area contributed by atoms with E-state index in [-0.39, 0.29) is 33.5 Å². The van der Waals surface area contributed by atoms with Gasteiger partial charge in [0.05, 0.1) is 34.7 Å². The van der Waals surface area contributed by atoms with Gasteiger partial charge >= 0.3 is 0 Å². The van der Waals surface area contributed by atoms with E-state index in [0.717, 1.165) is 29.7 Å². The highest BCUT2D eigenvalue weighted by Gasteiger charge is 2.35. The molecule has 1 aliphatic rings. The first-order valence-electron chi connectivity index (χ1n) is 10.4. The molecule has 1 atom stereocenters. The van der Waals surface area contributed by atoms with Crippen molar-refractivity contribution >= 4 is 50.3 Å². The van der Waals surface area contributed by atoms with E-state index in [0.29, 0.717) is 30.9 Å². The van der Waals surface area contributed by atoms with E-state index in [1.807, 2.05) is 18.4 Å². The zero-order valence-electron chi connectivity index (χ0n) is 17.7. The van der Waals surface area contributed by atoms with Crippen LogP contribution in [0.5, 0.6) is 5.75 Å². The normalized spacial score (nSPS) is 17.6. The number of ether oxygens (including phenoxy) is 1. The van der Waals surface area contributed by atoms with Gasteiger partial charge in [0.25, 0.3) is 5.91 Å². The molecule has 1 aromatic heterocycles. The quantitative estimate of drug-likeness (QED) is 0.407. The van der Waals surface area contributed by atoms with Gasteiger partial charge in [0.1, 0.15) is 0 Å². The molecule has 2 heterocycles. The van der Waals surface area contributed by atoms with Gasteiger partial charge in [-0.05, 0) is 48.9 Å². The Kier molecular flexibility index (Phi) is 8.30. The highest BCUT2D eigenvalue weighted by molar-refractivity contribution is 7.91. The summed E-state index contributed by atoms with van der Waals surface area (Å²) in [6.07, 6.45) is 3.45. The predicted octanol–water partition coefficient (Wildman–Crippen LogP) is 5.76. The molecular formula is C22H27Cl2NO4S2. The van der Waals surface area contributed by atoms with Gasteiger partial charge in [-0.2, -0.15) is 0 Å². The summed E-state index contributed by atoms with van der Waals surface area (Å²) in [5.41, 5.74) is 1.41. The molecule has 0 radical (unpaired) electrons. The summed E-state index contributed by atoms with van der Waals surface area (Å²) in [6.45, 7) is 4.95. The topological polar surface area (TPSA) is 63.7 Å². The van der Waals surface area contributed by atoms with Crippen LogP contribution in [0.15, 0.2) is 23.6 Å². The zero-order valence-corrected chi connectivity index (χ0v) is 20.8. The van der Waals surface area contributed by atoms with Crippen molar-refractivity contribution in [3.05, 3.63) is 49.6 Å². The smallest absolute Gasteiger partial charge is 0.254 e. The average molecular weight is 505 g/mol. The molecule has 31 heavy (non-hydrogen) atoms. The minimum atomic E-state index is -3.15. The maximum Gasteiger partial charge on any atom is 0.254 e. The van der Waals surface area contributed by atoms with Crippen LogP contribution in [0.25, 0.3) is 0 Å². The number of halogens is 2. The molecule has 1 amide bonds. The molecule has 1 unspecified atom stereocenters. The lowest BCUT2D eigenvalue weighted by Gasteiger charge is -2.28. The largest absolute Gasteiger partial charge is 0.490 e. The van der Waals surface area contributed by atoms with E-state index in [1.54, 1.807) is 28.4 Å². The van der Waals surface area contributed by atoms with Crippen molar-refractivity contribution in [2.45, 2.75) is 52.1 Å². The van der Waals surface area contributed by atoms with E-state index in [2.05, 4.69) is 6.92 Å². The summed E-state index contributed by atoms with van der Waals surface area (Å²) in [6, 6.07) is 4.74. The van der Waals surface area contributed by atoms with Gasteiger partial charge in [-0.15, -0.1) is 11.3 Å². The van der Waals surface area contributed by atoms with E-state index < -0.39 is 9.84 Å². The minimum absolute atomic E-state index is 0.0246. The van der Waals surface area contributed by atoms with Crippen molar-refractivity contribution in [3.8, 4) is 5.75 Å². The Morgan fingerprint density at radius 2 is 1.97 bits per heavy atom. The minimum Gasteiger partial charge on any atom is -0.490 e. The molecule has 9 heteroatoms. The van der Waals surface area contributed by atoms with Crippen molar-refractivity contribution in [3.63, 3.8) is 0 Å². The number of rotatable bonds is 9. The van der Waals surface area contributed by atoms with Gasteiger partial charge in [0.2, 0.25) is 0 Å². The lowest BCUT2D eigenvalue weighted by Crippen LogP contribution is -2.40. The zero-order chi connectivity index (χ0) is 22.6. The fourth-order valence-corrected chi connectivity index (χ4v) is 6.85. The second-order valence-electron chi connectivity index (χ2n) is 7.84. The van der Waals surface area contributed by atoms with Crippen molar-refractivity contribution in [1.29, 1.82) is 0 Å². The molecule has 170 valence electrons. The van der Waals surface area contributed by atoms with Crippen LogP contribution in [0.1, 0.15) is 53.4 Å². The number of sulfone groups is 1. The molecule has 1 saturated heterocycles. The van der Waals surface area contributed by atoms with Gasteiger partial charge in [-0.1, -0.05) is 43.0 Å². The van der Waals surface area contributed by atoms with Crippen LogP contribution in [0.3, 0.4) is 0 Å². The lowest BCUT2D eigenvalue weighted by molar-refractivity contribution is 0.0683. The third-order valence-corrected chi connectivity index (χ3v) is 8.75. The first kappa shape index (κ1) is 24.4. The molecule has 1 aliphatic heterocycles. The first-order chi connectivity index (χ1) is 14.7. The maximum atomic E-state index is 13.5. The fraction of sp³-hybridized carbons (Fsp3) is 0.500. The summed E-state index contributed by atoms with van der Waals surface area (Å²) < 4.78 is 29.9. The van der Waals surface area contributed by atoms with Gasteiger partial charge in [0.15, 0.2) is 15.6 Å². The molecule has 5 nitrogen and oxygen atoms in total. The Labute approximate surface area is 198 Å². The SMILES string of the molecule is CCCCCOc1c(Cl)cc(C(=O)N(Cc2sccc2C)C2CCS(=O)(=O)C2)cc1Cl. The average Bonchev–Trinajstić information content (AvgIpc) is 3.28. The molecule has 0 bridgehead atoms. The third kappa shape index (κ3) is 6.15. The summed E-state index contributed by atoms with van der Waals surface area (Å²) >= 11 is 14.3. The number of nitrogens with zero attached hydrogens (tertiary/aromatic N) is 1. The van der Waals surface area contributed by atoms with Gasteiger partial charge in [-0.3, -0.25) is 4.79 Å². The Bertz CT molecular complexity index is 1010. The van der Waals surface area contributed by atoms with E-state index in [9.17, 15) is 13.2 Å². The summed E-state index contributed by atoms with van der Waals surface area (Å²) in [7, 11) is -3.15. The van der Waals surface area contributed by atoms with E-state index in [4.69, 9.17) is 27.9 Å². The van der Waals surface area contributed by atoms with Gasteiger partial charge < -0.3 is 9.64 Å². The number of hydrogen-bond acceptors (Lipinski definition) is 5. The molecule has 0 aliphatic carbocycles. The highest BCUT2D eigenvalue weighted by Crippen LogP contribution is 2.35. The first-order valence-corrected chi connectivity index (χ1v) is 13.8. The van der Waals surface area contributed by atoms with Crippen LogP contribution in [0.2, 0.25) is 10.0 Å². The molecule has 0 spiro atoms. The molecule has 1 fully saturated rings. The number of hydrogen-bond donors (Lipinski definition) is 0. The summed E-state index contributed by atoms with van der Waals surface area (Å²) in [5.74, 6) is 0.163. The Hall–Kier alpha value is -1.28. The monoisotopic (exact) mass is 503 g/mol. The summed E-state index contributed by atoms with van der Waals surface area (Å²) in [5, 5.41) is 2.52. The van der Waals surface area contributed by atoms with Crippen molar-refractivity contribution < 1.29 is 17.9 Å². The number of carbonyl (C=O) groups is 1. The van der Waals surface area contributed by atoms with Crippen LogP contribution in [0, 0.1) is 6.92 Å². The fourth-order valence-electron chi connectivity index (χ4n) is 3.62. The van der Waals surface area contributed by atoms with Gasteiger partial charge in [0, 0.05) is 16.5 Å². The Balaban J connectivity index is 1.85. The summed E-state index contributed by atoms with van der Waals surface area (Å²) in [4.78, 5) is 16.2. The van der Waals surface area contributed by atoms with Crippen molar-refractivity contribution in [1.82, 2.24) is 4.90 Å². The number of thiophene rings is 1. The third-order valence-electron chi connectivity index (χ3n) is 5.43. The number of benzene rings is 1. The second-order valence-corrected chi connectivity index (χ2v) is 11.9. The Morgan fingerprint density at radius 3 is 2.52 bits per heavy atom. The van der Waals surface area contributed by atoms with Crippen LogP contribution in [0.4, 0.5) is 0 Å². The van der Waals surface area contributed by atoms with E-state index in [1.165, 1.54) is 0 Å². The number of unbranched alkanes of at least 4 members (excludes halogenated alkanes) is 2.